The van der Waals surface area contributed by atoms with Crippen LogP contribution in [0.1, 0.15) is 22.9 Å². The number of nitrogens with one attached hydrogen (secondary N) is 1. The summed E-state index contributed by atoms with van der Waals surface area (Å²) in [6.07, 6.45) is 1.06. The Morgan fingerprint density at radius 3 is 3.00 bits per heavy atom. The van der Waals surface area contributed by atoms with Gasteiger partial charge < -0.3 is 5.32 Å². The first-order valence-electron chi connectivity index (χ1n) is 6.61. The molecule has 0 spiro atoms. The third kappa shape index (κ3) is 1.87. The maximum absolute atomic E-state index is 4.75. The highest BCUT2D eigenvalue weighted by Gasteiger charge is 2.25. The maximum Gasteiger partial charge on any atom is 0.222 e. The molecule has 1 aliphatic heterocycles. The van der Waals surface area contributed by atoms with Gasteiger partial charge in [-0.25, -0.2) is 4.68 Å². The van der Waals surface area contributed by atoms with E-state index in [2.05, 4.69) is 46.2 Å². The lowest BCUT2D eigenvalue weighted by atomic mass is 10.1. The van der Waals surface area contributed by atoms with Gasteiger partial charge in [-0.15, -0.1) is 27.8 Å². The highest BCUT2D eigenvalue weighted by atomic mass is 32.1. The molecule has 1 N–H and O–H groups in total. The van der Waals surface area contributed by atoms with E-state index >= 15 is 0 Å². The normalized spacial score (nSPS) is 17.8. The zero-order valence-electron chi connectivity index (χ0n) is 11.0. The van der Waals surface area contributed by atoms with Crippen LogP contribution in [0.3, 0.4) is 0 Å². The Morgan fingerprint density at radius 1 is 1.30 bits per heavy atom. The average molecular weight is 302 g/mol. The molecule has 0 aromatic carbocycles. The molecule has 102 valence electrons. The molecule has 4 nitrogen and oxygen atoms in total. The number of hydrogen-bond donors (Lipinski definition) is 1. The molecule has 20 heavy (non-hydrogen) atoms. The summed E-state index contributed by atoms with van der Waals surface area (Å²) in [7, 11) is 0. The molecule has 0 bridgehead atoms. The summed E-state index contributed by atoms with van der Waals surface area (Å²) in [5.74, 6) is 1.72. The van der Waals surface area contributed by atoms with Gasteiger partial charge in [0, 0.05) is 11.4 Å². The van der Waals surface area contributed by atoms with Crippen molar-refractivity contribution in [3.63, 3.8) is 0 Å². The summed E-state index contributed by atoms with van der Waals surface area (Å²) in [4.78, 5) is 7.19. The third-order valence-electron chi connectivity index (χ3n) is 3.56. The van der Waals surface area contributed by atoms with E-state index < -0.39 is 0 Å². The van der Waals surface area contributed by atoms with E-state index in [0.29, 0.717) is 6.04 Å². The van der Waals surface area contributed by atoms with Crippen LogP contribution in [0.5, 0.6) is 0 Å². The van der Waals surface area contributed by atoms with Gasteiger partial charge in [0.05, 0.1) is 10.9 Å². The molecule has 4 rings (SSSR count). The Morgan fingerprint density at radius 2 is 2.25 bits per heavy atom. The first kappa shape index (κ1) is 12.1. The van der Waals surface area contributed by atoms with Crippen molar-refractivity contribution in [2.24, 2.45) is 0 Å². The molecule has 0 saturated carbocycles. The fraction of sp³-hybridized carbons (Fsp3) is 0.286. The lowest BCUT2D eigenvalue weighted by Crippen LogP contribution is -2.24. The van der Waals surface area contributed by atoms with Crippen LogP contribution < -0.4 is 5.32 Å². The molecule has 0 fully saturated rings. The number of anilines is 1. The fourth-order valence-electron chi connectivity index (χ4n) is 2.55. The molecule has 0 saturated heterocycles. The van der Waals surface area contributed by atoms with Crippen molar-refractivity contribution in [2.45, 2.75) is 19.4 Å². The molecular weight excluding hydrogens is 288 g/mol. The molecule has 0 radical (unpaired) electrons. The standard InChI is InChI=1S/C14H14N4S2/c1-9-5-8-20-12(9)13-16-14-15-6-4-10(18(14)17-13)11-3-2-7-19-11/h2-3,5,7-8,10H,4,6H2,1H3,(H,15,16,17). The molecule has 1 unspecified atom stereocenters. The van der Waals surface area contributed by atoms with Gasteiger partial charge in [0.15, 0.2) is 5.82 Å². The van der Waals surface area contributed by atoms with Crippen LogP contribution >= 0.6 is 22.7 Å². The van der Waals surface area contributed by atoms with Gasteiger partial charge in [0.1, 0.15) is 0 Å². The van der Waals surface area contributed by atoms with Crippen molar-refractivity contribution in [2.75, 3.05) is 11.9 Å². The van der Waals surface area contributed by atoms with E-state index in [4.69, 9.17) is 5.10 Å². The number of aromatic nitrogens is 3. The number of hydrogen-bond acceptors (Lipinski definition) is 5. The second-order valence-corrected chi connectivity index (χ2v) is 6.78. The van der Waals surface area contributed by atoms with Gasteiger partial charge in [0.2, 0.25) is 5.95 Å². The molecule has 0 aliphatic carbocycles. The van der Waals surface area contributed by atoms with Crippen molar-refractivity contribution < 1.29 is 0 Å². The Hall–Kier alpha value is -1.66. The summed E-state index contributed by atoms with van der Waals surface area (Å²) >= 11 is 3.49. The highest BCUT2D eigenvalue weighted by molar-refractivity contribution is 7.13. The second kappa shape index (κ2) is 4.71. The minimum Gasteiger partial charge on any atom is -0.354 e. The van der Waals surface area contributed by atoms with E-state index in [-0.39, 0.29) is 0 Å². The van der Waals surface area contributed by atoms with Crippen molar-refractivity contribution in [1.82, 2.24) is 14.8 Å². The molecule has 3 aromatic rings. The van der Waals surface area contributed by atoms with Crippen LogP contribution in [0.4, 0.5) is 5.95 Å². The third-order valence-corrected chi connectivity index (χ3v) is 5.55. The summed E-state index contributed by atoms with van der Waals surface area (Å²) in [6, 6.07) is 6.71. The first-order chi connectivity index (χ1) is 9.83. The van der Waals surface area contributed by atoms with E-state index in [1.165, 1.54) is 15.3 Å². The monoisotopic (exact) mass is 302 g/mol. The van der Waals surface area contributed by atoms with E-state index in [0.717, 1.165) is 24.7 Å². The average Bonchev–Trinajstić information content (AvgIpc) is 3.17. The lowest BCUT2D eigenvalue weighted by molar-refractivity contribution is 0.488. The van der Waals surface area contributed by atoms with Gasteiger partial charge in [-0.1, -0.05) is 6.07 Å². The van der Waals surface area contributed by atoms with Gasteiger partial charge in [-0.2, -0.15) is 4.98 Å². The number of nitrogens with zero attached hydrogens (tertiary/aromatic N) is 3. The van der Waals surface area contributed by atoms with Gasteiger partial charge >= 0.3 is 0 Å². The predicted molar refractivity (Wildman–Crippen MR) is 83.6 cm³/mol. The smallest absolute Gasteiger partial charge is 0.222 e. The predicted octanol–water partition coefficient (Wildman–Crippen LogP) is 3.78. The van der Waals surface area contributed by atoms with Crippen molar-refractivity contribution in [3.8, 4) is 10.7 Å². The van der Waals surface area contributed by atoms with Crippen LogP contribution in [-0.2, 0) is 0 Å². The quantitative estimate of drug-likeness (QED) is 0.783. The van der Waals surface area contributed by atoms with Crippen LogP contribution in [0.15, 0.2) is 29.0 Å². The minimum absolute atomic E-state index is 0.313. The topological polar surface area (TPSA) is 42.7 Å². The zero-order valence-corrected chi connectivity index (χ0v) is 12.7. The Labute approximate surface area is 125 Å². The lowest BCUT2D eigenvalue weighted by Gasteiger charge is -2.23. The largest absolute Gasteiger partial charge is 0.354 e. The number of aryl methyl sites for hydroxylation is 1. The SMILES string of the molecule is Cc1ccsc1-c1nc2n(n1)C(c1cccs1)CCN2. The maximum atomic E-state index is 4.75. The first-order valence-corrected chi connectivity index (χ1v) is 8.37. The molecular formula is C14H14N4S2. The summed E-state index contributed by atoms with van der Waals surface area (Å²) in [5.41, 5.74) is 1.24. The van der Waals surface area contributed by atoms with E-state index in [9.17, 15) is 0 Å². The Bertz CT molecular complexity index is 726. The molecule has 1 atom stereocenters. The van der Waals surface area contributed by atoms with Crippen LogP contribution in [-0.4, -0.2) is 21.3 Å². The van der Waals surface area contributed by atoms with Crippen molar-refractivity contribution in [3.05, 3.63) is 39.4 Å². The molecule has 4 heterocycles. The fourth-order valence-corrected chi connectivity index (χ4v) is 4.25. The van der Waals surface area contributed by atoms with Gasteiger partial charge in [0.25, 0.3) is 0 Å². The summed E-state index contributed by atoms with van der Waals surface area (Å²) in [5, 5.41) is 12.3. The van der Waals surface area contributed by atoms with Gasteiger partial charge in [-0.3, -0.25) is 0 Å². The highest BCUT2D eigenvalue weighted by Crippen LogP contribution is 2.34. The summed E-state index contributed by atoms with van der Waals surface area (Å²) < 4.78 is 2.05. The molecule has 1 aliphatic rings. The Balaban J connectivity index is 1.80. The van der Waals surface area contributed by atoms with E-state index in [1.807, 2.05) is 4.68 Å². The molecule has 3 aromatic heterocycles. The Kier molecular flexibility index (Phi) is 2.85. The minimum atomic E-state index is 0.313. The molecule has 6 heteroatoms. The number of rotatable bonds is 2. The van der Waals surface area contributed by atoms with Crippen LogP contribution in [0.2, 0.25) is 0 Å². The van der Waals surface area contributed by atoms with Crippen molar-refractivity contribution >= 4 is 28.6 Å². The van der Waals surface area contributed by atoms with Gasteiger partial charge in [-0.05, 0) is 41.8 Å². The molecule has 0 amide bonds. The van der Waals surface area contributed by atoms with Crippen molar-refractivity contribution in [1.29, 1.82) is 0 Å². The summed E-state index contributed by atoms with van der Waals surface area (Å²) in [6.45, 7) is 3.06. The zero-order chi connectivity index (χ0) is 13.5. The number of thiophene rings is 2. The van der Waals surface area contributed by atoms with Crippen LogP contribution in [0, 0.1) is 6.92 Å². The van der Waals surface area contributed by atoms with Crippen LogP contribution in [0.25, 0.3) is 10.7 Å². The second-order valence-electron chi connectivity index (χ2n) is 4.88. The van der Waals surface area contributed by atoms with E-state index in [1.54, 1.807) is 22.7 Å². The number of fused-ring (bicyclic) bond motifs is 1.